The van der Waals surface area contributed by atoms with Gasteiger partial charge in [-0.25, -0.2) is 0 Å². The maximum Gasteiger partial charge on any atom is 0.0205 e. The van der Waals surface area contributed by atoms with E-state index in [1.807, 2.05) is 0 Å². The van der Waals surface area contributed by atoms with Crippen LogP contribution in [0, 0.1) is 5.92 Å². The number of piperidine rings is 1. The zero-order chi connectivity index (χ0) is 13.8. The Morgan fingerprint density at radius 2 is 1.95 bits per heavy atom. The van der Waals surface area contributed by atoms with Crippen molar-refractivity contribution >= 4 is 0 Å². The zero-order valence-corrected chi connectivity index (χ0v) is 12.8. The second-order valence-electron chi connectivity index (χ2n) is 6.53. The highest BCUT2D eigenvalue weighted by atomic mass is 15.1. The van der Waals surface area contributed by atoms with E-state index in [0.717, 1.165) is 18.4 Å². The van der Waals surface area contributed by atoms with E-state index in [2.05, 4.69) is 41.4 Å². The Morgan fingerprint density at radius 1 is 1.15 bits per heavy atom. The lowest BCUT2D eigenvalue weighted by molar-refractivity contribution is 0.190. The van der Waals surface area contributed by atoms with Crippen molar-refractivity contribution in [2.75, 3.05) is 26.2 Å². The van der Waals surface area contributed by atoms with E-state index in [4.69, 9.17) is 0 Å². The summed E-state index contributed by atoms with van der Waals surface area (Å²) in [7, 11) is 0. The van der Waals surface area contributed by atoms with Crippen LogP contribution in [-0.2, 0) is 6.54 Å². The van der Waals surface area contributed by atoms with Crippen LogP contribution in [0.25, 0.3) is 0 Å². The number of nitrogens with one attached hydrogen (secondary N) is 1. The summed E-state index contributed by atoms with van der Waals surface area (Å²) in [5.41, 5.74) is 3.01. The minimum absolute atomic E-state index is 0.869. The normalized spacial score (nSPS) is 21.2. The van der Waals surface area contributed by atoms with Crippen LogP contribution in [0.5, 0.6) is 0 Å². The van der Waals surface area contributed by atoms with Gasteiger partial charge in [0.25, 0.3) is 0 Å². The molecule has 1 aliphatic carbocycles. The third-order valence-electron chi connectivity index (χ3n) is 4.92. The Hall–Kier alpha value is -0.860. The van der Waals surface area contributed by atoms with Crippen LogP contribution in [0.15, 0.2) is 24.3 Å². The summed E-state index contributed by atoms with van der Waals surface area (Å²) in [4.78, 5) is 2.57. The fraction of sp³-hybridized carbons (Fsp3) is 0.667. The minimum Gasteiger partial charge on any atom is -0.312 e. The van der Waals surface area contributed by atoms with Gasteiger partial charge in [-0.1, -0.05) is 31.2 Å². The first kappa shape index (κ1) is 14.1. The van der Waals surface area contributed by atoms with Gasteiger partial charge in [0.1, 0.15) is 0 Å². The number of benzene rings is 1. The number of likely N-dealkylation sites (tertiary alicyclic amines) is 1. The quantitative estimate of drug-likeness (QED) is 0.854. The number of hydrogen-bond donors (Lipinski definition) is 1. The minimum atomic E-state index is 0.869. The molecular weight excluding hydrogens is 244 g/mol. The number of nitrogens with zero attached hydrogens (tertiary/aromatic N) is 1. The molecule has 3 rings (SSSR count). The van der Waals surface area contributed by atoms with E-state index < -0.39 is 0 Å². The van der Waals surface area contributed by atoms with Crippen LogP contribution in [0.3, 0.4) is 0 Å². The molecule has 0 spiro atoms. The molecule has 0 amide bonds. The van der Waals surface area contributed by atoms with Crippen molar-refractivity contribution < 1.29 is 0 Å². The molecule has 1 aromatic rings. The van der Waals surface area contributed by atoms with Gasteiger partial charge in [0.05, 0.1) is 0 Å². The zero-order valence-electron chi connectivity index (χ0n) is 12.8. The van der Waals surface area contributed by atoms with Crippen LogP contribution in [0.4, 0.5) is 0 Å². The van der Waals surface area contributed by atoms with Crippen LogP contribution in [0.1, 0.15) is 49.7 Å². The number of rotatable bonds is 6. The van der Waals surface area contributed by atoms with Crippen molar-refractivity contribution in [1.82, 2.24) is 10.2 Å². The molecule has 20 heavy (non-hydrogen) atoms. The van der Waals surface area contributed by atoms with E-state index in [-0.39, 0.29) is 0 Å². The van der Waals surface area contributed by atoms with E-state index in [1.165, 1.54) is 57.4 Å². The summed E-state index contributed by atoms with van der Waals surface area (Å²) < 4.78 is 0. The average molecular weight is 272 g/mol. The molecule has 1 saturated carbocycles. The monoisotopic (exact) mass is 272 g/mol. The Bertz CT molecular complexity index is 417. The van der Waals surface area contributed by atoms with Gasteiger partial charge in [-0.3, -0.25) is 0 Å². The number of hydrogen-bond acceptors (Lipinski definition) is 2. The molecule has 0 bridgehead atoms. The van der Waals surface area contributed by atoms with E-state index in [0.29, 0.717) is 0 Å². The second kappa shape index (κ2) is 6.73. The molecule has 0 radical (unpaired) electrons. The highest BCUT2D eigenvalue weighted by molar-refractivity contribution is 5.29. The van der Waals surface area contributed by atoms with E-state index in [9.17, 15) is 0 Å². The SMILES string of the molecule is CCN1CCC(CNCc2cccc(C3CC3)c2)CC1. The lowest BCUT2D eigenvalue weighted by Crippen LogP contribution is -2.36. The predicted molar refractivity (Wildman–Crippen MR) is 85.0 cm³/mol. The van der Waals surface area contributed by atoms with Gasteiger partial charge in [-0.15, -0.1) is 0 Å². The summed E-state index contributed by atoms with van der Waals surface area (Å²) in [5, 5.41) is 3.67. The molecule has 110 valence electrons. The Balaban J connectivity index is 1.40. The molecule has 2 heteroatoms. The highest BCUT2D eigenvalue weighted by Gasteiger charge is 2.23. The molecule has 2 nitrogen and oxygen atoms in total. The maximum atomic E-state index is 3.67. The Morgan fingerprint density at radius 3 is 2.65 bits per heavy atom. The molecule has 0 aromatic heterocycles. The third kappa shape index (κ3) is 3.83. The summed E-state index contributed by atoms with van der Waals surface area (Å²) in [5.74, 6) is 1.75. The predicted octanol–water partition coefficient (Wildman–Crippen LogP) is 3.39. The molecule has 0 unspecified atom stereocenters. The lowest BCUT2D eigenvalue weighted by atomic mass is 9.96. The lowest BCUT2D eigenvalue weighted by Gasteiger charge is -2.31. The Kier molecular flexibility index (Phi) is 4.74. The first-order valence-corrected chi connectivity index (χ1v) is 8.37. The maximum absolute atomic E-state index is 3.67. The fourth-order valence-corrected chi connectivity index (χ4v) is 3.30. The molecule has 1 N–H and O–H groups in total. The molecule has 1 aromatic carbocycles. The smallest absolute Gasteiger partial charge is 0.0205 e. The first-order chi connectivity index (χ1) is 9.85. The van der Waals surface area contributed by atoms with Gasteiger partial charge in [0.15, 0.2) is 0 Å². The van der Waals surface area contributed by atoms with Crippen LogP contribution in [-0.4, -0.2) is 31.1 Å². The van der Waals surface area contributed by atoms with Crippen molar-refractivity contribution in [3.63, 3.8) is 0 Å². The fourth-order valence-electron chi connectivity index (χ4n) is 3.30. The van der Waals surface area contributed by atoms with Gasteiger partial charge < -0.3 is 10.2 Å². The van der Waals surface area contributed by atoms with Crippen LogP contribution in [0.2, 0.25) is 0 Å². The second-order valence-corrected chi connectivity index (χ2v) is 6.53. The van der Waals surface area contributed by atoms with Crippen molar-refractivity contribution in [2.45, 2.75) is 45.1 Å². The summed E-state index contributed by atoms with van der Waals surface area (Å²) in [6, 6.07) is 9.19. The molecule has 1 aliphatic heterocycles. The first-order valence-electron chi connectivity index (χ1n) is 8.37. The molecule has 1 heterocycles. The van der Waals surface area contributed by atoms with Gasteiger partial charge in [-0.2, -0.15) is 0 Å². The topological polar surface area (TPSA) is 15.3 Å². The largest absolute Gasteiger partial charge is 0.312 e. The summed E-state index contributed by atoms with van der Waals surface area (Å²) in [6.45, 7) is 8.29. The molecule has 2 aliphatic rings. The Labute approximate surface area is 123 Å². The van der Waals surface area contributed by atoms with Gasteiger partial charge in [0, 0.05) is 6.54 Å². The molecule has 2 fully saturated rings. The van der Waals surface area contributed by atoms with E-state index in [1.54, 1.807) is 5.56 Å². The van der Waals surface area contributed by atoms with Gasteiger partial charge in [0.2, 0.25) is 0 Å². The van der Waals surface area contributed by atoms with Crippen LogP contribution < -0.4 is 5.32 Å². The standard InChI is InChI=1S/C18H28N2/c1-2-20-10-8-15(9-11-20)13-19-14-16-4-3-5-18(12-16)17-6-7-17/h3-5,12,15,17,19H,2,6-11,13-14H2,1H3. The van der Waals surface area contributed by atoms with Crippen molar-refractivity contribution in [2.24, 2.45) is 5.92 Å². The van der Waals surface area contributed by atoms with Crippen LogP contribution >= 0.6 is 0 Å². The van der Waals surface area contributed by atoms with E-state index >= 15 is 0 Å². The molecular formula is C18H28N2. The van der Waals surface area contributed by atoms with Crippen molar-refractivity contribution in [3.8, 4) is 0 Å². The third-order valence-corrected chi connectivity index (χ3v) is 4.92. The molecule has 1 saturated heterocycles. The van der Waals surface area contributed by atoms with Gasteiger partial charge in [-0.05, 0) is 74.8 Å². The average Bonchev–Trinajstić information content (AvgIpc) is 3.33. The molecule has 0 atom stereocenters. The van der Waals surface area contributed by atoms with Crippen molar-refractivity contribution in [3.05, 3.63) is 35.4 Å². The summed E-state index contributed by atoms with van der Waals surface area (Å²) in [6.07, 6.45) is 5.52. The highest BCUT2D eigenvalue weighted by Crippen LogP contribution is 2.40. The van der Waals surface area contributed by atoms with Gasteiger partial charge >= 0.3 is 0 Å². The van der Waals surface area contributed by atoms with Crippen molar-refractivity contribution in [1.29, 1.82) is 0 Å². The summed E-state index contributed by atoms with van der Waals surface area (Å²) >= 11 is 0.